The highest BCUT2D eigenvalue weighted by molar-refractivity contribution is 5.05. The number of hydrogen-bond acceptors (Lipinski definition) is 2. The molecule has 3 atom stereocenters. The summed E-state index contributed by atoms with van der Waals surface area (Å²) in [5, 5.41) is 3.53. The Morgan fingerprint density at radius 1 is 1.21 bits per heavy atom. The highest BCUT2D eigenvalue weighted by atomic mass is 15.2. The Hall–Kier alpha value is -0.340. The van der Waals surface area contributed by atoms with Crippen LogP contribution in [0.25, 0.3) is 0 Å². The SMILES string of the molecule is C1=CC(N2CC[C@H]3CNC[C@H]32)CCC1. The molecule has 0 spiro atoms. The fourth-order valence-corrected chi connectivity index (χ4v) is 3.37. The molecule has 0 aromatic rings. The molecule has 0 aromatic carbocycles. The third-order valence-electron chi connectivity index (χ3n) is 4.14. The molecule has 0 amide bonds. The summed E-state index contributed by atoms with van der Waals surface area (Å²) in [4.78, 5) is 2.75. The normalized spacial score (nSPS) is 43.0. The molecule has 1 N–H and O–H groups in total. The van der Waals surface area contributed by atoms with Crippen molar-refractivity contribution < 1.29 is 0 Å². The fraction of sp³-hybridized carbons (Fsp3) is 0.833. The second kappa shape index (κ2) is 3.67. The summed E-state index contributed by atoms with van der Waals surface area (Å²) in [5.74, 6) is 0.949. The monoisotopic (exact) mass is 192 g/mol. The summed E-state index contributed by atoms with van der Waals surface area (Å²) < 4.78 is 0. The van der Waals surface area contributed by atoms with Crippen LogP contribution in [0.5, 0.6) is 0 Å². The predicted octanol–water partition coefficient (Wildman–Crippen LogP) is 1.39. The van der Waals surface area contributed by atoms with E-state index in [0.29, 0.717) is 0 Å². The van der Waals surface area contributed by atoms with Gasteiger partial charge in [-0.3, -0.25) is 4.90 Å². The van der Waals surface area contributed by atoms with Gasteiger partial charge in [0.2, 0.25) is 0 Å². The molecule has 78 valence electrons. The highest BCUT2D eigenvalue weighted by Crippen LogP contribution is 2.31. The molecule has 0 radical (unpaired) electrons. The summed E-state index contributed by atoms with van der Waals surface area (Å²) in [6.07, 6.45) is 10.3. The van der Waals surface area contributed by atoms with E-state index in [1.807, 2.05) is 0 Å². The van der Waals surface area contributed by atoms with Crippen LogP contribution in [-0.2, 0) is 0 Å². The number of likely N-dealkylation sites (tertiary alicyclic amines) is 1. The minimum Gasteiger partial charge on any atom is -0.315 e. The van der Waals surface area contributed by atoms with E-state index in [4.69, 9.17) is 0 Å². The van der Waals surface area contributed by atoms with Crippen LogP contribution in [0.1, 0.15) is 25.7 Å². The minimum atomic E-state index is 0.763. The first-order valence-corrected chi connectivity index (χ1v) is 6.08. The van der Waals surface area contributed by atoms with Gasteiger partial charge in [0.1, 0.15) is 0 Å². The molecule has 14 heavy (non-hydrogen) atoms. The van der Waals surface area contributed by atoms with E-state index in [1.165, 1.54) is 45.3 Å². The quantitative estimate of drug-likeness (QED) is 0.632. The molecule has 3 aliphatic rings. The third-order valence-corrected chi connectivity index (χ3v) is 4.14. The Kier molecular flexibility index (Phi) is 2.34. The van der Waals surface area contributed by atoms with Crippen molar-refractivity contribution in [1.82, 2.24) is 10.2 Å². The van der Waals surface area contributed by atoms with E-state index in [0.717, 1.165) is 18.0 Å². The number of nitrogens with zero attached hydrogens (tertiary/aromatic N) is 1. The first-order valence-electron chi connectivity index (χ1n) is 6.08. The van der Waals surface area contributed by atoms with Gasteiger partial charge in [-0.15, -0.1) is 0 Å². The van der Waals surface area contributed by atoms with E-state index in [2.05, 4.69) is 22.4 Å². The average molecular weight is 192 g/mol. The van der Waals surface area contributed by atoms with Gasteiger partial charge in [-0.05, 0) is 44.7 Å². The van der Waals surface area contributed by atoms with Gasteiger partial charge in [-0.1, -0.05) is 12.2 Å². The fourth-order valence-electron chi connectivity index (χ4n) is 3.37. The summed E-state index contributed by atoms with van der Waals surface area (Å²) in [7, 11) is 0. The molecule has 2 saturated heterocycles. The van der Waals surface area contributed by atoms with E-state index in [9.17, 15) is 0 Å². The number of allylic oxidation sites excluding steroid dienone is 1. The van der Waals surface area contributed by atoms with Gasteiger partial charge < -0.3 is 5.32 Å². The smallest absolute Gasteiger partial charge is 0.0281 e. The maximum Gasteiger partial charge on any atom is 0.0281 e. The Bertz CT molecular complexity index is 236. The average Bonchev–Trinajstić information content (AvgIpc) is 2.79. The lowest BCUT2D eigenvalue weighted by atomic mass is 9.99. The van der Waals surface area contributed by atoms with Crippen molar-refractivity contribution in [2.24, 2.45) is 5.92 Å². The van der Waals surface area contributed by atoms with Crippen molar-refractivity contribution in [2.45, 2.75) is 37.8 Å². The zero-order valence-corrected chi connectivity index (χ0v) is 8.78. The number of hydrogen-bond donors (Lipinski definition) is 1. The van der Waals surface area contributed by atoms with Crippen molar-refractivity contribution >= 4 is 0 Å². The van der Waals surface area contributed by atoms with Crippen LogP contribution in [0.2, 0.25) is 0 Å². The molecule has 0 saturated carbocycles. The lowest BCUT2D eigenvalue weighted by Gasteiger charge is -2.32. The molecule has 2 fully saturated rings. The van der Waals surface area contributed by atoms with Crippen molar-refractivity contribution in [3.05, 3.63) is 12.2 Å². The molecule has 2 heteroatoms. The van der Waals surface area contributed by atoms with Gasteiger partial charge in [0.15, 0.2) is 0 Å². The standard InChI is InChI=1S/C12H20N2/c1-2-4-11(5-3-1)14-7-6-10-8-13-9-12(10)14/h2,4,10-13H,1,3,5-9H2/t10-,11?,12+/m0/s1. The maximum atomic E-state index is 3.53. The zero-order valence-electron chi connectivity index (χ0n) is 8.78. The first kappa shape index (κ1) is 8.93. The second-order valence-electron chi connectivity index (χ2n) is 4.94. The molecule has 2 aliphatic heterocycles. The largest absolute Gasteiger partial charge is 0.315 e. The molecular weight excluding hydrogens is 172 g/mol. The predicted molar refractivity (Wildman–Crippen MR) is 58.2 cm³/mol. The van der Waals surface area contributed by atoms with Gasteiger partial charge in [-0.2, -0.15) is 0 Å². The van der Waals surface area contributed by atoms with Crippen molar-refractivity contribution in [1.29, 1.82) is 0 Å². The van der Waals surface area contributed by atoms with E-state index >= 15 is 0 Å². The molecule has 1 aliphatic carbocycles. The van der Waals surface area contributed by atoms with E-state index < -0.39 is 0 Å². The van der Waals surface area contributed by atoms with Crippen LogP contribution in [-0.4, -0.2) is 36.6 Å². The van der Waals surface area contributed by atoms with Crippen molar-refractivity contribution in [3.8, 4) is 0 Å². The Morgan fingerprint density at radius 2 is 2.21 bits per heavy atom. The lowest BCUT2D eigenvalue weighted by Crippen LogP contribution is -2.41. The Morgan fingerprint density at radius 3 is 3.07 bits per heavy atom. The van der Waals surface area contributed by atoms with Gasteiger partial charge in [0.05, 0.1) is 0 Å². The maximum absolute atomic E-state index is 3.53. The van der Waals surface area contributed by atoms with Gasteiger partial charge >= 0.3 is 0 Å². The number of fused-ring (bicyclic) bond motifs is 1. The molecule has 0 bridgehead atoms. The number of nitrogens with one attached hydrogen (secondary N) is 1. The van der Waals surface area contributed by atoms with Crippen LogP contribution in [0.3, 0.4) is 0 Å². The summed E-state index contributed by atoms with van der Waals surface area (Å²) in [5.41, 5.74) is 0. The van der Waals surface area contributed by atoms with Gasteiger partial charge in [0, 0.05) is 18.6 Å². The highest BCUT2D eigenvalue weighted by Gasteiger charge is 2.39. The van der Waals surface area contributed by atoms with Gasteiger partial charge in [0.25, 0.3) is 0 Å². The van der Waals surface area contributed by atoms with Gasteiger partial charge in [-0.25, -0.2) is 0 Å². The lowest BCUT2D eigenvalue weighted by molar-refractivity contribution is 0.196. The summed E-state index contributed by atoms with van der Waals surface area (Å²) in [6, 6.07) is 1.61. The first-order chi connectivity index (χ1) is 6.95. The zero-order chi connectivity index (χ0) is 9.38. The molecule has 3 rings (SSSR count). The van der Waals surface area contributed by atoms with Crippen molar-refractivity contribution in [3.63, 3.8) is 0 Å². The Balaban J connectivity index is 1.72. The topological polar surface area (TPSA) is 15.3 Å². The Labute approximate surface area is 86.4 Å². The van der Waals surface area contributed by atoms with Crippen LogP contribution in [0, 0.1) is 5.92 Å². The van der Waals surface area contributed by atoms with Crippen LogP contribution >= 0.6 is 0 Å². The van der Waals surface area contributed by atoms with Crippen molar-refractivity contribution in [2.75, 3.05) is 19.6 Å². The molecule has 2 nitrogen and oxygen atoms in total. The molecular formula is C12H20N2. The van der Waals surface area contributed by atoms with E-state index in [-0.39, 0.29) is 0 Å². The molecule has 0 aromatic heterocycles. The van der Waals surface area contributed by atoms with Crippen LogP contribution in [0.4, 0.5) is 0 Å². The molecule has 1 unspecified atom stereocenters. The van der Waals surface area contributed by atoms with E-state index in [1.54, 1.807) is 0 Å². The molecule has 2 heterocycles. The second-order valence-corrected chi connectivity index (χ2v) is 4.94. The third kappa shape index (κ3) is 1.41. The minimum absolute atomic E-state index is 0.763. The summed E-state index contributed by atoms with van der Waals surface area (Å²) >= 11 is 0. The number of rotatable bonds is 1. The van der Waals surface area contributed by atoms with Crippen LogP contribution < -0.4 is 5.32 Å². The summed E-state index contributed by atoms with van der Waals surface area (Å²) in [6.45, 7) is 3.83. The van der Waals surface area contributed by atoms with Crippen LogP contribution in [0.15, 0.2) is 12.2 Å².